The quantitative estimate of drug-likeness (QED) is 0.716. The van der Waals surface area contributed by atoms with Gasteiger partial charge in [-0.05, 0) is 47.4 Å². The second-order valence-electron chi connectivity index (χ2n) is 8.99. The molecule has 1 aliphatic heterocycles. The molecule has 2 aliphatic rings. The number of fused-ring (bicyclic) bond motifs is 1. The van der Waals surface area contributed by atoms with E-state index in [9.17, 15) is 22.8 Å². The van der Waals surface area contributed by atoms with Crippen LogP contribution < -0.4 is 5.32 Å². The van der Waals surface area contributed by atoms with Crippen LogP contribution in [0.2, 0.25) is 0 Å². The number of nitrogens with one attached hydrogen (secondary N) is 1. The van der Waals surface area contributed by atoms with Gasteiger partial charge in [0, 0.05) is 25.6 Å². The standard InChI is InChI=1S/C25H27F3N2O2/c1-16-11-22-20(21(16)14-29-23(31)12-17-5-3-2-4-6-17)13-24(32)30(22)15-18-7-9-19(10-8-18)25(26,27)28/h2-10,16,20-22H,11-15H2,1H3,(H,29,31)/t16-,20-,21+,22+/m0/s1. The van der Waals surface area contributed by atoms with Gasteiger partial charge in [0.1, 0.15) is 0 Å². The highest BCUT2D eigenvalue weighted by Gasteiger charge is 2.50. The molecule has 1 N–H and O–H groups in total. The minimum absolute atomic E-state index is 0.0298. The Bertz CT molecular complexity index is 959. The number of halogens is 3. The Morgan fingerprint density at radius 1 is 1.06 bits per heavy atom. The maximum absolute atomic E-state index is 12.8. The first kappa shape index (κ1) is 22.4. The van der Waals surface area contributed by atoms with Crippen LogP contribution >= 0.6 is 0 Å². The molecule has 170 valence electrons. The molecular formula is C25H27F3N2O2. The number of nitrogens with zero attached hydrogens (tertiary/aromatic N) is 1. The molecule has 4 atom stereocenters. The maximum Gasteiger partial charge on any atom is 0.416 e. The SMILES string of the molecule is C[C@H]1C[C@@H]2[C@@H](CC(=O)N2Cc2ccc(C(F)(F)F)cc2)[C@@H]1CNC(=O)Cc1ccccc1. The number of likely N-dealkylation sites (tertiary alicyclic amines) is 1. The Labute approximate surface area is 185 Å². The molecule has 0 spiro atoms. The number of alkyl halides is 3. The number of carbonyl (C=O) groups excluding carboxylic acids is 2. The van der Waals surface area contributed by atoms with Gasteiger partial charge in [0.25, 0.3) is 0 Å². The van der Waals surface area contributed by atoms with E-state index in [0.717, 1.165) is 24.1 Å². The van der Waals surface area contributed by atoms with Crippen LogP contribution in [0.4, 0.5) is 13.2 Å². The molecule has 7 heteroatoms. The Hall–Kier alpha value is -2.83. The summed E-state index contributed by atoms with van der Waals surface area (Å²) in [5.41, 5.74) is 0.966. The Morgan fingerprint density at radius 2 is 1.75 bits per heavy atom. The molecule has 2 fully saturated rings. The first-order valence-electron chi connectivity index (χ1n) is 11.0. The highest BCUT2D eigenvalue weighted by Crippen LogP contribution is 2.46. The van der Waals surface area contributed by atoms with Crippen LogP contribution in [0, 0.1) is 17.8 Å². The summed E-state index contributed by atoms with van der Waals surface area (Å²) in [4.78, 5) is 26.9. The number of amides is 2. The minimum atomic E-state index is -4.37. The van der Waals surface area contributed by atoms with Crippen LogP contribution in [0.5, 0.6) is 0 Å². The molecule has 0 aromatic heterocycles. The number of benzene rings is 2. The third kappa shape index (κ3) is 4.81. The molecule has 4 rings (SSSR count). The minimum Gasteiger partial charge on any atom is -0.356 e. The van der Waals surface area contributed by atoms with Gasteiger partial charge in [0.2, 0.25) is 11.8 Å². The van der Waals surface area contributed by atoms with E-state index in [0.29, 0.717) is 37.4 Å². The Morgan fingerprint density at radius 3 is 2.41 bits per heavy atom. The van der Waals surface area contributed by atoms with Gasteiger partial charge >= 0.3 is 6.18 Å². The molecule has 2 amide bonds. The van der Waals surface area contributed by atoms with E-state index >= 15 is 0 Å². The van der Waals surface area contributed by atoms with Crippen LogP contribution in [0.3, 0.4) is 0 Å². The zero-order valence-corrected chi connectivity index (χ0v) is 17.9. The summed E-state index contributed by atoms with van der Waals surface area (Å²) in [5, 5.41) is 3.04. The van der Waals surface area contributed by atoms with E-state index in [4.69, 9.17) is 0 Å². The lowest BCUT2D eigenvalue weighted by Gasteiger charge is -2.25. The Balaban J connectivity index is 1.36. The largest absolute Gasteiger partial charge is 0.416 e. The van der Waals surface area contributed by atoms with Gasteiger partial charge in [0.05, 0.1) is 12.0 Å². The van der Waals surface area contributed by atoms with Crippen molar-refractivity contribution in [2.75, 3.05) is 6.54 Å². The molecule has 0 bridgehead atoms. The topological polar surface area (TPSA) is 49.4 Å². The summed E-state index contributed by atoms with van der Waals surface area (Å²) in [6, 6.07) is 14.7. The average molecular weight is 444 g/mol. The van der Waals surface area contributed by atoms with Crippen molar-refractivity contribution in [1.29, 1.82) is 0 Å². The van der Waals surface area contributed by atoms with E-state index < -0.39 is 11.7 Å². The van der Waals surface area contributed by atoms with Crippen molar-refractivity contribution in [3.8, 4) is 0 Å². The predicted octanol–water partition coefficient (Wildman–Crippen LogP) is 4.44. The summed E-state index contributed by atoms with van der Waals surface area (Å²) in [6.07, 6.45) is -2.77. The van der Waals surface area contributed by atoms with Crippen LogP contribution in [-0.4, -0.2) is 29.3 Å². The molecule has 0 radical (unpaired) electrons. The maximum atomic E-state index is 12.8. The smallest absolute Gasteiger partial charge is 0.356 e. The van der Waals surface area contributed by atoms with Gasteiger partial charge in [-0.25, -0.2) is 0 Å². The van der Waals surface area contributed by atoms with Gasteiger partial charge in [-0.1, -0.05) is 49.4 Å². The van der Waals surface area contributed by atoms with Crippen molar-refractivity contribution < 1.29 is 22.8 Å². The zero-order chi connectivity index (χ0) is 22.9. The molecule has 0 unspecified atom stereocenters. The summed E-state index contributed by atoms with van der Waals surface area (Å²) in [5.74, 6) is 0.723. The highest BCUT2D eigenvalue weighted by atomic mass is 19.4. The molecule has 1 aliphatic carbocycles. The summed E-state index contributed by atoms with van der Waals surface area (Å²) in [7, 11) is 0. The zero-order valence-electron chi connectivity index (χ0n) is 17.9. The van der Waals surface area contributed by atoms with Gasteiger partial charge in [0.15, 0.2) is 0 Å². The van der Waals surface area contributed by atoms with E-state index in [1.807, 2.05) is 35.2 Å². The molecule has 2 aromatic rings. The Kier molecular flexibility index (Phi) is 6.26. The number of carbonyl (C=O) groups is 2. The molecule has 32 heavy (non-hydrogen) atoms. The summed E-state index contributed by atoms with van der Waals surface area (Å²) >= 11 is 0. The van der Waals surface area contributed by atoms with E-state index in [1.165, 1.54) is 12.1 Å². The van der Waals surface area contributed by atoms with Crippen molar-refractivity contribution in [3.63, 3.8) is 0 Å². The lowest BCUT2D eigenvalue weighted by atomic mass is 9.88. The molecule has 1 saturated heterocycles. The molecule has 4 nitrogen and oxygen atoms in total. The third-order valence-electron chi connectivity index (χ3n) is 6.90. The molecular weight excluding hydrogens is 417 g/mol. The van der Waals surface area contributed by atoms with Gasteiger partial charge in [-0.15, -0.1) is 0 Å². The van der Waals surface area contributed by atoms with Crippen molar-refractivity contribution >= 4 is 11.8 Å². The fourth-order valence-electron chi connectivity index (χ4n) is 5.22. The molecule has 1 heterocycles. The number of hydrogen-bond acceptors (Lipinski definition) is 2. The first-order valence-corrected chi connectivity index (χ1v) is 11.0. The molecule has 1 saturated carbocycles. The van der Waals surface area contributed by atoms with Crippen molar-refractivity contribution in [1.82, 2.24) is 10.2 Å². The number of rotatable bonds is 6. The van der Waals surface area contributed by atoms with Gasteiger partial charge in [-0.3, -0.25) is 9.59 Å². The lowest BCUT2D eigenvalue weighted by Crippen LogP contribution is -2.35. The fourth-order valence-corrected chi connectivity index (χ4v) is 5.22. The monoisotopic (exact) mass is 444 g/mol. The van der Waals surface area contributed by atoms with Gasteiger partial charge in [-0.2, -0.15) is 13.2 Å². The summed E-state index contributed by atoms with van der Waals surface area (Å²) in [6.45, 7) is 3.00. The van der Waals surface area contributed by atoms with Gasteiger partial charge < -0.3 is 10.2 Å². The normalized spacial score (nSPS) is 25.1. The fraction of sp³-hybridized carbons (Fsp3) is 0.440. The van der Waals surface area contributed by atoms with E-state index in [1.54, 1.807) is 0 Å². The van der Waals surface area contributed by atoms with Crippen LogP contribution in [0.15, 0.2) is 54.6 Å². The highest BCUT2D eigenvalue weighted by molar-refractivity contribution is 5.80. The first-order chi connectivity index (χ1) is 15.2. The third-order valence-corrected chi connectivity index (χ3v) is 6.90. The van der Waals surface area contributed by atoms with Crippen molar-refractivity contribution in [3.05, 3.63) is 71.3 Å². The van der Waals surface area contributed by atoms with Crippen LogP contribution in [0.1, 0.15) is 36.5 Å². The second kappa shape index (κ2) is 8.96. The number of hydrogen-bond donors (Lipinski definition) is 1. The van der Waals surface area contributed by atoms with E-state index in [-0.39, 0.29) is 29.7 Å². The van der Waals surface area contributed by atoms with Crippen LogP contribution in [-0.2, 0) is 28.7 Å². The lowest BCUT2D eigenvalue weighted by molar-refractivity contribution is -0.137. The van der Waals surface area contributed by atoms with E-state index in [2.05, 4.69) is 12.2 Å². The second-order valence-corrected chi connectivity index (χ2v) is 8.99. The van der Waals surface area contributed by atoms with Crippen molar-refractivity contribution in [2.45, 2.75) is 44.9 Å². The predicted molar refractivity (Wildman–Crippen MR) is 114 cm³/mol. The summed E-state index contributed by atoms with van der Waals surface area (Å²) < 4.78 is 38.4. The van der Waals surface area contributed by atoms with Crippen molar-refractivity contribution in [2.24, 2.45) is 17.8 Å². The average Bonchev–Trinajstić information content (AvgIpc) is 3.20. The molecule has 2 aromatic carbocycles. The van der Waals surface area contributed by atoms with Crippen LogP contribution in [0.25, 0.3) is 0 Å².